The van der Waals surface area contributed by atoms with Crippen molar-refractivity contribution < 1.29 is 47.4 Å². The Morgan fingerprint density at radius 1 is 0.878 bits per heavy atom. The molecule has 6 N–H and O–H groups in total. The van der Waals surface area contributed by atoms with Crippen LogP contribution >= 0.6 is 0 Å². The molecule has 5 amide bonds. The minimum absolute atomic E-state index is 0.0571. The monoisotopic (exact) mass is 1020 g/mol. The zero-order valence-electron chi connectivity index (χ0n) is 41.6. The Kier molecular flexibility index (Phi) is 18.1. The van der Waals surface area contributed by atoms with Gasteiger partial charge in [0.2, 0.25) is 17.7 Å². The Hall–Kier alpha value is -7.51. The molecule has 4 aliphatic heterocycles. The van der Waals surface area contributed by atoms with Crippen molar-refractivity contribution in [3.63, 3.8) is 0 Å². The average molecular weight is 1020 g/mol. The summed E-state index contributed by atoms with van der Waals surface area (Å²) >= 11 is 0. The van der Waals surface area contributed by atoms with Gasteiger partial charge < -0.3 is 45.3 Å². The van der Waals surface area contributed by atoms with Crippen molar-refractivity contribution in [3.05, 3.63) is 119 Å². The Bertz CT molecular complexity index is 2740. The maximum atomic E-state index is 15.2. The lowest BCUT2D eigenvalue weighted by Gasteiger charge is -2.37. The number of nitrogens with zero attached hydrogens (tertiary/aromatic N) is 4. The number of nitrogens with one attached hydrogen (secondary N) is 6. The van der Waals surface area contributed by atoms with E-state index in [0.29, 0.717) is 57.8 Å². The van der Waals surface area contributed by atoms with Crippen LogP contribution in [0.5, 0.6) is 5.75 Å². The number of unbranched alkanes of at least 4 members (excludes halogenated alkanes) is 2. The molecule has 19 nitrogen and oxygen atoms in total. The minimum Gasteiger partial charge on any atom is -0.494 e. The van der Waals surface area contributed by atoms with Crippen molar-refractivity contribution in [1.29, 1.82) is 0 Å². The average Bonchev–Trinajstić information content (AvgIpc) is 3.39. The van der Waals surface area contributed by atoms with Gasteiger partial charge in [-0.15, -0.1) is 0 Å². The van der Waals surface area contributed by atoms with Crippen LogP contribution in [0.15, 0.2) is 85.2 Å². The standard InChI is InChI=1S/C54H63FN10O9/c1-36(58-50(69)39-9-5-10-41(30-39)63-54(16-20-57-21-17-54)53-61-49(62-53)37-14-18-56-19-15-37)38-8-6-11-42(31-38)74-29-4-2-3-26-72-27-7-28-73-35-48(68)65-24-22-64(23-25-65)46-33-43(40(34-66)32-44(46)55)51(70)59-45-12-13-47(67)60-52(45)71/h5-6,8-11,14-15,18-19,30-34,36,45,57,63H,2-4,7,12-13,16-17,20-29,35H2,1H3,(H3,58,59,60,67,69,70,71)/p+1. The van der Waals surface area contributed by atoms with E-state index in [1.165, 1.54) is 6.07 Å². The van der Waals surface area contributed by atoms with E-state index in [0.717, 1.165) is 85.5 Å². The first-order valence-corrected chi connectivity index (χ1v) is 25.4. The van der Waals surface area contributed by atoms with E-state index in [4.69, 9.17) is 18.9 Å². The number of aldehydes is 1. The fraction of sp³-hybridized carbons (Fsp3) is 0.426. The van der Waals surface area contributed by atoms with Gasteiger partial charge in [0.1, 0.15) is 29.8 Å². The van der Waals surface area contributed by atoms with E-state index in [1.54, 1.807) is 22.2 Å². The Morgan fingerprint density at radius 3 is 2.39 bits per heavy atom. The molecule has 0 aliphatic carbocycles. The van der Waals surface area contributed by atoms with Crippen LogP contribution in [0, 0.1) is 5.82 Å². The highest BCUT2D eigenvalue weighted by molar-refractivity contribution is 6.19. The first-order valence-electron chi connectivity index (χ1n) is 25.4. The van der Waals surface area contributed by atoms with Crippen molar-refractivity contribution in [1.82, 2.24) is 41.1 Å². The second-order valence-electron chi connectivity index (χ2n) is 18.8. The number of halogens is 1. The Balaban J connectivity index is 0.677. The van der Waals surface area contributed by atoms with Crippen molar-refractivity contribution in [2.24, 2.45) is 0 Å². The van der Waals surface area contributed by atoms with E-state index in [9.17, 15) is 28.8 Å². The second kappa shape index (κ2) is 25.4. The summed E-state index contributed by atoms with van der Waals surface area (Å²) in [5.41, 5.74) is 2.76. The summed E-state index contributed by atoms with van der Waals surface area (Å²) < 4.78 is 37.5. The highest BCUT2D eigenvalue weighted by Gasteiger charge is 2.46. The molecule has 4 aromatic rings. The van der Waals surface area contributed by atoms with Crippen LogP contribution in [0.3, 0.4) is 0 Å². The quantitative estimate of drug-likeness (QED) is 0.0256. The van der Waals surface area contributed by atoms with Gasteiger partial charge in [0, 0.05) is 81.6 Å². The third-order valence-corrected chi connectivity index (χ3v) is 13.6. The molecule has 0 radical (unpaired) electrons. The van der Waals surface area contributed by atoms with Gasteiger partial charge >= 0.3 is 11.7 Å². The molecule has 20 heteroatoms. The fourth-order valence-corrected chi connectivity index (χ4v) is 9.29. The number of benzene rings is 3. The van der Waals surface area contributed by atoms with Gasteiger partial charge in [-0.25, -0.2) is 14.4 Å². The van der Waals surface area contributed by atoms with Gasteiger partial charge in [-0.1, -0.05) is 18.2 Å². The number of amidine groups is 2. The number of hydrogen-bond donors (Lipinski definition) is 6. The summed E-state index contributed by atoms with van der Waals surface area (Å²) in [4.78, 5) is 82.3. The molecule has 8 rings (SSSR count). The first kappa shape index (κ1) is 52.8. The number of piperidine rings is 2. The summed E-state index contributed by atoms with van der Waals surface area (Å²) in [5, 5.41) is 18.5. The van der Waals surface area contributed by atoms with E-state index >= 15 is 4.39 Å². The molecule has 74 heavy (non-hydrogen) atoms. The molecule has 3 fully saturated rings. The Morgan fingerprint density at radius 2 is 1.62 bits per heavy atom. The number of anilines is 2. The van der Waals surface area contributed by atoms with Crippen LogP contribution in [0.2, 0.25) is 0 Å². The highest BCUT2D eigenvalue weighted by atomic mass is 19.1. The number of rotatable bonds is 24. The predicted molar refractivity (Wildman–Crippen MR) is 276 cm³/mol. The van der Waals surface area contributed by atoms with Crippen LogP contribution in [0.4, 0.5) is 15.8 Å². The Labute approximate surface area is 429 Å². The molecule has 0 saturated carbocycles. The smallest absolute Gasteiger partial charge is 0.324 e. The number of piperazine rings is 1. The number of pyridine rings is 1. The number of carbonyl (C=O) groups is 6. The molecular formula is C54H64FN10O9+. The van der Waals surface area contributed by atoms with E-state index in [-0.39, 0.29) is 67.2 Å². The van der Waals surface area contributed by atoms with Crippen molar-refractivity contribution in [3.8, 4) is 5.75 Å². The minimum atomic E-state index is -0.961. The number of carbonyl (C=O) groups excluding carboxylic acids is 6. The molecule has 2 unspecified atom stereocenters. The van der Waals surface area contributed by atoms with Gasteiger partial charge in [-0.3, -0.25) is 39.1 Å². The van der Waals surface area contributed by atoms with E-state index < -0.39 is 35.1 Å². The lowest BCUT2D eigenvalue weighted by atomic mass is 9.85. The SMILES string of the molecule is CC(NC(=O)c1cccc(NC2(C3=[N+]=C(c4ccncc4)N3)CCNCC2)c1)c1cccc(OCCCCCOCCCOCC(=O)N2CCN(c3cc(C(=O)NC4CCC(=O)NC4=O)c(C=O)cc3F)CC2)c1. The van der Waals surface area contributed by atoms with E-state index in [2.05, 4.69) is 36.9 Å². The number of imide groups is 1. The third-order valence-electron chi connectivity index (χ3n) is 13.6. The summed E-state index contributed by atoms with van der Waals surface area (Å²) in [6.45, 7) is 6.70. The van der Waals surface area contributed by atoms with Crippen LogP contribution < -0.4 is 46.2 Å². The highest BCUT2D eigenvalue weighted by Crippen LogP contribution is 2.28. The van der Waals surface area contributed by atoms with Crippen LogP contribution in [-0.4, -0.2) is 141 Å². The molecule has 4 aliphatic rings. The summed E-state index contributed by atoms with van der Waals surface area (Å²) in [5.74, 6) is -0.422. The lowest BCUT2D eigenvalue weighted by molar-refractivity contribution is -0.137. The van der Waals surface area contributed by atoms with Gasteiger partial charge in [0.15, 0.2) is 6.29 Å². The molecule has 0 bridgehead atoms. The van der Waals surface area contributed by atoms with E-state index in [1.807, 2.05) is 67.6 Å². The molecule has 2 atom stereocenters. The molecule has 3 aromatic carbocycles. The van der Waals surface area contributed by atoms with Crippen molar-refractivity contribution >= 4 is 58.9 Å². The third kappa shape index (κ3) is 13.8. The first-order chi connectivity index (χ1) is 36.0. The van der Waals surface area contributed by atoms with Gasteiger partial charge in [0.05, 0.1) is 29.5 Å². The van der Waals surface area contributed by atoms with Crippen LogP contribution in [-0.2, 0) is 23.9 Å². The number of ether oxygens (including phenoxy) is 3. The predicted octanol–water partition coefficient (Wildman–Crippen LogP) is 3.43. The number of aromatic nitrogens is 1. The number of hydrogen-bond acceptors (Lipinski definition) is 14. The molecule has 1 aromatic heterocycles. The zero-order chi connectivity index (χ0) is 51.9. The summed E-state index contributed by atoms with van der Waals surface area (Å²) in [6.07, 6.45) is 8.98. The van der Waals surface area contributed by atoms with Crippen LogP contribution in [0.25, 0.3) is 0 Å². The van der Waals surface area contributed by atoms with Gasteiger partial charge in [-0.05, 0) is 125 Å². The van der Waals surface area contributed by atoms with Crippen LogP contribution in [0.1, 0.15) is 107 Å². The maximum Gasteiger partial charge on any atom is 0.324 e. The zero-order valence-corrected chi connectivity index (χ0v) is 41.6. The molecular weight excluding hydrogens is 952 g/mol. The topological polar surface area (TPSA) is 236 Å². The normalized spacial score (nSPS) is 17.6. The van der Waals surface area contributed by atoms with Crippen molar-refractivity contribution in [2.45, 2.75) is 75.9 Å². The maximum absolute atomic E-state index is 15.2. The summed E-state index contributed by atoms with van der Waals surface area (Å²) in [7, 11) is 0. The van der Waals surface area contributed by atoms with Gasteiger partial charge in [-0.2, -0.15) is 0 Å². The second-order valence-corrected chi connectivity index (χ2v) is 18.8. The van der Waals surface area contributed by atoms with Gasteiger partial charge in [0.25, 0.3) is 11.8 Å². The number of amides is 5. The lowest BCUT2D eigenvalue weighted by Crippen LogP contribution is -2.64. The summed E-state index contributed by atoms with van der Waals surface area (Å²) in [6, 6.07) is 20.3. The largest absolute Gasteiger partial charge is 0.494 e. The molecule has 390 valence electrons. The van der Waals surface area contributed by atoms with Crippen molar-refractivity contribution in [2.75, 3.05) is 82.5 Å². The molecule has 0 spiro atoms. The molecule has 3 saturated heterocycles. The molecule has 5 heterocycles. The fourth-order valence-electron chi connectivity index (χ4n) is 9.29.